The van der Waals surface area contributed by atoms with E-state index in [2.05, 4.69) is 30.4 Å². The van der Waals surface area contributed by atoms with Gasteiger partial charge in [-0.25, -0.2) is 14.7 Å². The number of aromatic nitrogens is 3. The van der Waals surface area contributed by atoms with Crippen molar-refractivity contribution in [2.75, 3.05) is 13.7 Å². The monoisotopic (exact) mass is 536 g/mol. The highest BCUT2D eigenvalue weighted by atomic mass is 127. The molecule has 8 nitrogen and oxygen atoms in total. The Balaban J connectivity index is 0.00000320. The van der Waals surface area contributed by atoms with Crippen LogP contribution in [0.2, 0.25) is 0 Å². The second-order valence-electron chi connectivity index (χ2n) is 6.62. The summed E-state index contributed by atoms with van der Waals surface area (Å²) in [6, 6.07) is 6.80. The van der Waals surface area contributed by atoms with Crippen LogP contribution in [0.3, 0.4) is 0 Å². The molecule has 2 heterocycles. The van der Waals surface area contributed by atoms with Crippen LogP contribution < -0.4 is 15.4 Å². The van der Waals surface area contributed by atoms with Crippen molar-refractivity contribution in [1.29, 1.82) is 0 Å². The van der Waals surface area contributed by atoms with Gasteiger partial charge in [0.1, 0.15) is 18.2 Å². The summed E-state index contributed by atoms with van der Waals surface area (Å²) in [5, 5.41) is 11.1. The average molecular weight is 536 g/mol. The van der Waals surface area contributed by atoms with Gasteiger partial charge in [-0.2, -0.15) is 13.9 Å². The van der Waals surface area contributed by atoms with E-state index in [1.165, 1.54) is 6.07 Å². The molecule has 0 bridgehead atoms. The maximum Gasteiger partial charge on any atom is 0.387 e. The summed E-state index contributed by atoms with van der Waals surface area (Å²) in [7, 11) is 1.62. The molecule has 2 aromatic rings. The predicted molar refractivity (Wildman–Crippen MR) is 119 cm³/mol. The molecule has 1 aliphatic heterocycles. The number of ether oxygens (including phenoxy) is 2. The normalized spacial score (nSPS) is 16.0. The van der Waals surface area contributed by atoms with Crippen LogP contribution in [0.4, 0.5) is 8.78 Å². The number of hydrogen-bond donors (Lipinski definition) is 2. The van der Waals surface area contributed by atoms with Crippen LogP contribution in [-0.4, -0.2) is 47.0 Å². The zero-order valence-electron chi connectivity index (χ0n) is 17.0. The van der Waals surface area contributed by atoms with E-state index in [1.54, 1.807) is 25.3 Å². The quantitative estimate of drug-likeness (QED) is 0.307. The number of nitrogens with zero attached hydrogens (tertiary/aromatic N) is 4. The average Bonchev–Trinajstić information content (AvgIpc) is 3.09. The lowest BCUT2D eigenvalue weighted by Gasteiger charge is -2.25. The van der Waals surface area contributed by atoms with Gasteiger partial charge in [-0.3, -0.25) is 0 Å². The van der Waals surface area contributed by atoms with Gasteiger partial charge in [-0.1, -0.05) is 18.2 Å². The fraction of sp³-hybridized carbons (Fsp3) is 0.526. The molecule has 2 N–H and O–H groups in total. The first-order valence-electron chi connectivity index (χ1n) is 9.58. The standard InChI is InChI=1S/C19H26F2N6O2.HI/c1-3-22-19(23-10-13-6-4-5-7-15(13)29-18(20)21)24-14-8-9-17-25-16(12-28-2)26-27(17)11-14;/h4-7,14,18H,3,8-12H2,1-2H3,(H2,22,23,24);1H. The van der Waals surface area contributed by atoms with Gasteiger partial charge in [0.05, 0.1) is 13.1 Å². The first kappa shape index (κ1) is 24.3. The van der Waals surface area contributed by atoms with E-state index in [1.807, 2.05) is 11.6 Å². The molecule has 0 aliphatic carbocycles. The van der Waals surface area contributed by atoms with Gasteiger partial charge in [0.25, 0.3) is 0 Å². The summed E-state index contributed by atoms with van der Waals surface area (Å²) >= 11 is 0. The van der Waals surface area contributed by atoms with E-state index in [0.29, 0.717) is 37.0 Å². The van der Waals surface area contributed by atoms with Gasteiger partial charge >= 0.3 is 6.61 Å². The van der Waals surface area contributed by atoms with Crippen molar-refractivity contribution in [3.63, 3.8) is 0 Å². The molecule has 3 rings (SSSR count). The maximum atomic E-state index is 12.6. The smallest absolute Gasteiger partial charge is 0.387 e. The van der Waals surface area contributed by atoms with Gasteiger partial charge in [0.2, 0.25) is 0 Å². The highest BCUT2D eigenvalue weighted by molar-refractivity contribution is 14.0. The number of aliphatic imine (C=N–C) groups is 1. The predicted octanol–water partition coefficient (Wildman–Crippen LogP) is 2.71. The minimum Gasteiger partial charge on any atom is -0.434 e. The lowest BCUT2D eigenvalue weighted by atomic mass is 10.1. The fourth-order valence-electron chi connectivity index (χ4n) is 3.19. The zero-order valence-corrected chi connectivity index (χ0v) is 19.3. The molecule has 0 saturated carbocycles. The van der Waals surface area contributed by atoms with Crippen LogP contribution in [0.25, 0.3) is 0 Å². The minimum atomic E-state index is -2.87. The van der Waals surface area contributed by atoms with E-state index in [-0.39, 0.29) is 42.3 Å². The molecule has 1 aromatic carbocycles. The molecule has 1 unspecified atom stereocenters. The van der Waals surface area contributed by atoms with E-state index in [0.717, 1.165) is 18.7 Å². The third-order valence-electron chi connectivity index (χ3n) is 4.46. The molecule has 0 fully saturated rings. The number of guanidine groups is 1. The fourth-order valence-corrected chi connectivity index (χ4v) is 3.19. The minimum absolute atomic E-state index is 0. The van der Waals surface area contributed by atoms with Crippen LogP contribution in [-0.2, 0) is 30.9 Å². The van der Waals surface area contributed by atoms with Crippen LogP contribution in [0.5, 0.6) is 5.75 Å². The molecule has 0 spiro atoms. The van der Waals surface area contributed by atoms with Crippen LogP contribution in [0.1, 0.15) is 30.6 Å². The van der Waals surface area contributed by atoms with Crippen molar-refractivity contribution in [2.45, 2.75) is 52.1 Å². The highest BCUT2D eigenvalue weighted by Gasteiger charge is 2.22. The topological polar surface area (TPSA) is 85.6 Å². The van der Waals surface area contributed by atoms with Crippen molar-refractivity contribution in [1.82, 2.24) is 25.4 Å². The SMILES string of the molecule is CCNC(=NCc1ccccc1OC(F)F)NC1CCc2nc(COC)nn2C1.I. The summed E-state index contributed by atoms with van der Waals surface area (Å²) < 4.78 is 36.8. The second kappa shape index (κ2) is 12.0. The first-order valence-corrected chi connectivity index (χ1v) is 9.58. The van der Waals surface area contributed by atoms with Gasteiger partial charge < -0.3 is 20.1 Å². The molecule has 0 amide bonds. The highest BCUT2D eigenvalue weighted by Crippen LogP contribution is 2.21. The lowest BCUT2D eigenvalue weighted by Crippen LogP contribution is -2.47. The Morgan fingerprint density at radius 1 is 1.37 bits per heavy atom. The number of hydrogen-bond acceptors (Lipinski definition) is 5. The molecule has 11 heteroatoms. The van der Waals surface area contributed by atoms with Gasteiger partial charge in [-0.15, -0.1) is 24.0 Å². The number of halogens is 3. The number of rotatable bonds is 8. The lowest BCUT2D eigenvalue weighted by molar-refractivity contribution is -0.0504. The van der Waals surface area contributed by atoms with E-state index in [9.17, 15) is 8.78 Å². The van der Waals surface area contributed by atoms with E-state index in [4.69, 9.17) is 4.74 Å². The summed E-state index contributed by atoms with van der Waals surface area (Å²) in [5.74, 6) is 2.39. The Morgan fingerprint density at radius 2 is 2.17 bits per heavy atom. The summed E-state index contributed by atoms with van der Waals surface area (Å²) in [6.07, 6.45) is 1.69. The van der Waals surface area contributed by atoms with Crippen molar-refractivity contribution in [3.05, 3.63) is 41.5 Å². The molecule has 0 radical (unpaired) electrons. The molecule has 30 heavy (non-hydrogen) atoms. The van der Waals surface area contributed by atoms with E-state index < -0.39 is 6.61 Å². The number of methoxy groups -OCH3 is 1. The molecule has 0 saturated heterocycles. The van der Waals surface area contributed by atoms with Crippen molar-refractivity contribution in [3.8, 4) is 5.75 Å². The third-order valence-corrected chi connectivity index (χ3v) is 4.46. The van der Waals surface area contributed by atoms with Crippen molar-refractivity contribution in [2.24, 2.45) is 4.99 Å². The van der Waals surface area contributed by atoms with Crippen LogP contribution in [0.15, 0.2) is 29.3 Å². The van der Waals surface area contributed by atoms with Crippen LogP contribution >= 0.6 is 24.0 Å². The molecular weight excluding hydrogens is 509 g/mol. The number of alkyl halides is 2. The molecule has 1 atom stereocenters. The Hall–Kier alpha value is -2.02. The maximum absolute atomic E-state index is 12.6. The largest absolute Gasteiger partial charge is 0.434 e. The van der Waals surface area contributed by atoms with Crippen molar-refractivity contribution >= 4 is 29.9 Å². The van der Waals surface area contributed by atoms with Gasteiger partial charge in [-0.05, 0) is 19.4 Å². The first-order chi connectivity index (χ1) is 14.1. The molecule has 166 valence electrons. The Morgan fingerprint density at radius 3 is 2.90 bits per heavy atom. The molecular formula is C19H27F2IN6O2. The molecule has 1 aromatic heterocycles. The molecule has 1 aliphatic rings. The summed E-state index contributed by atoms with van der Waals surface area (Å²) in [5.41, 5.74) is 0.594. The summed E-state index contributed by atoms with van der Waals surface area (Å²) in [4.78, 5) is 9.02. The Bertz CT molecular complexity index is 833. The van der Waals surface area contributed by atoms with Crippen LogP contribution in [0, 0.1) is 0 Å². The van der Waals surface area contributed by atoms with E-state index >= 15 is 0 Å². The van der Waals surface area contributed by atoms with Gasteiger partial charge in [0, 0.05) is 31.7 Å². The van der Waals surface area contributed by atoms with Gasteiger partial charge in [0.15, 0.2) is 11.8 Å². The number of aryl methyl sites for hydroxylation is 1. The number of fused-ring (bicyclic) bond motifs is 1. The zero-order chi connectivity index (χ0) is 20.6. The number of nitrogens with one attached hydrogen (secondary N) is 2. The number of para-hydroxylation sites is 1. The third kappa shape index (κ3) is 6.76. The Kier molecular flexibility index (Phi) is 9.69. The second-order valence-corrected chi connectivity index (χ2v) is 6.62. The summed E-state index contributed by atoms with van der Waals surface area (Å²) in [6.45, 7) is 1.06. The van der Waals surface area contributed by atoms with Crippen molar-refractivity contribution < 1.29 is 18.3 Å². The number of benzene rings is 1. The Labute approximate surface area is 191 Å².